The summed E-state index contributed by atoms with van der Waals surface area (Å²) in [5, 5.41) is 13.0. The summed E-state index contributed by atoms with van der Waals surface area (Å²) in [7, 11) is 2.17. The molecule has 0 bridgehead atoms. The smallest absolute Gasteiger partial charge is 0.200 e. The van der Waals surface area contributed by atoms with Gasteiger partial charge in [-0.1, -0.05) is 12.8 Å². The molecule has 1 aliphatic heterocycles. The number of anilines is 1. The van der Waals surface area contributed by atoms with Gasteiger partial charge in [0.05, 0.1) is 11.4 Å². The molecule has 0 unspecified atom stereocenters. The number of nitrogens with zero attached hydrogens (tertiary/aromatic N) is 6. The van der Waals surface area contributed by atoms with E-state index in [2.05, 4.69) is 38.2 Å². The van der Waals surface area contributed by atoms with Gasteiger partial charge in [-0.25, -0.2) is 0 Å². The molecule has 2 fully saturated rings. The van der Waals surface area contributed by atoms with Crippen LogP contribution in [0.3, 0.4) is 0 Å². The Morgan fingerprint density at radius 3 is 2.70 bits per heavy atom. The lowest BCUT2D eigenvalue weighted by Gasteiger charge is -2.25. The highest BCUT2D eigenvalue weighted by molar-refractivity contribution is 5.68. The lowest BCUT2D eigenvalue weighted by molar-refractivity contribution is 0.292. The maximum Gasteiger partial charge on any atom is 0.200 e. The molecular weight excluding hydrogens is 288 g/mol. The quantitative estimate of drug-likeness (QED) is 0.847. The van der Waals surface area contributed by atoms with E-state index in [0.29, 0.717) is 5.92 Å². The van der Waals surface area contributed by atoms with Crippen LogP contribution < -0.4 is 4.90 Å². The Hall–Kier alpha value is -1.69. The molecule has 1 saturated carbocycles. The molecule has 6 nitrogen and oxygen atoms in total. The summed E-state index contributed by atoms with van der Waals surface area (Å²) in [6.45, 7) is 4.64. The third-order valence-electron chi connectivity index (χ3n) is 5.12. The molecule has 1 saturated heterocycles. The van der Waals surface area contributed by atoms with Crippen molar-refractivity contribution < 1.29 is 0 Å². The Balaban J connectivity index is 1.49. The molecule has 23 heavy (non-hydrogen) atoms. The number of rotatable bonds is 5. The van der Waals surface area contributed by atoms with E-state index >= 15 is 0 Å². The minimum Gasteiger partial charge on any atom is -0.370 e. The van der Waals surface area contributed by atoms with E-state index in [1.807, 2.05) is 4.52 Å². The highest BCUT2D eigenvalue weighted by Gasteiger charge is 2.27. The van der Waals surface area contributed by atoms with Gasteiger partial charge in [0.1, 0.15) is 6.33 Å². The van der Waals surface area contributed by atoms with Crippen molar-refractivity contribution >= 4 is 11.3 Å². The largest absolute Gasteiger partial charge is 0.370 e. The number of hydrogen-bond donors (Lipinski definition) is 0. The normalized spacial score (nSPS) is 19.9. The number of fused-ring (bicyclic) bond motifs is 1. The van der Waals surface area contributed by atoms with Crippen LogP contribution in [-0.4, -0.2) is 57.9 Å². The fraction of sp³-hybridized carbons (Fsp3) is 0.706. The number of aromatic nitrogens is 4. The first-order valence-electron chi connectivity index (χ1n) is 8.96. The van der Waals surface area contributed by atoms with E-state index in [1.165, 1.54) is 57.3 Å². The average Bonchev–Trinajstić information content (AvgIpc) is 3.35. The number of likely N-dealkylation sites (tertiary alicyclic amines) is 1. The molecule has 6 heteroatoms. The third kappa shape index (κ3) is 3.32. The second-order valence-electron chi connectivity index (χ2n) is 7.01. The van der Waals surface area contributed by atoms with Crippen molar-refractivity contribution in [3.05, 3.63) is 18.1 Å². The van der Waals surface area contributed by atoms with Gasteiger partial charge in [0, 0.05) is 26.1 Å². The van der Waals surface area contributed by atoms with Gasteiger partial charge in [-0.3, -0.25) is 0 Å². The van der Waals surface area contributed by atoms with E-state index < -0.39 is 0 Å². The highest BCUT2D eigenvalue weighted by atomic mass is 15.4. The molecule has 0 aromatic carbocycles. The summed E-state index contributed by atoms with van der Waals surface area (Å²) >= 11 is 0. The van der Waals surface area contributed by atoms with Crippen molar-refractivity contribution in [3.8, 4) is 0 Å². The van der Waals surface area contributed by atoms with E-state index in [1.54, 1.807) is 6.33 Å². The summed E-state index contributed by atoms with van der Waals surface area (Å²) in [6.07, 6.45) is 9.71. The van der Waals surface area contributed by atoms with Crippen molar-refractivity contribution in [1.29, 1.82) is 0 Å². The van der Waals surface area contributed by atoms with Crippen molar-refractivity contribution in [1.82, 2.24) is 24.7 Å². The van der Waals surface area contributed by atoms with E-state index in [-0.39, 0.29) is 0 Å². The minimum atomic E-state index is 0.638. The standard InChI is InChI=1S/C17H26N6/c1-21(10-11-22-8-4-2-3-5-9-22)16-12-15(14-6-7-14)20-23-13-18-19-17(16)23/h12-14H,2-11H2,1H3. The zero-order valence-corrected chi connectivity index (χ0v) is 14.0. The summed E-state index contributed by atoms with van der Waals surface area (Å²) in [5.41, 5.74) is 3.22. The molecule has 3 heterocycles. The van der Waals surface area contributed by atoms with Gasteiger partial charge < -0.3 is 9.80 Å². The second kappa shape index (κ2) is 6.43. The Bertz CT molecular complexity index is 654. The highest BCUT2D eigenvalue weighted by Crippen LogP contribution is 2.40. The van der Waals surface area contributed by atoms with Crippen LogP contribution >= 0.6 is 0 Å². The molecule has 124 valence electrons. The van der Waals surface area contributed by atoms with Crippen LogP contribution in [0, 0.1) is 0 Å². The zero-order valence-electron chi connectivity index (χ0n) is 14.0. The molecule has 1 aliphatic carbocycles. The molecule has 0 atom stereocenters. The maximum atomic E-state index is 4.66. The van der Waals surface area contributed by atoms with Crippen molar-refractivity contribution in [2.24, 2.45) is 0 Å². The van der Waals surface area contributed by atoms with Crippen molar-refractivity contribution in [3.63, 3.8) is 0 Å². The van der Waals surface area contributed by atoms with Gasteiger partial charge in [0.25, 0.3) is 0 Å². The van der Waals surface area contributed by atoms with Crippen LogP contribution in [0.5, 0.6) is 0 Å². The average molecular weight is 314 g/mol. The Morgan fingerprint density at radius 2 is 1.96 bits per heavy atom. The van der Waals surface area contributed by atoms with Crippen LogP contribution in [0.4, 0.5) is 5.69 Å². The predicted molar refractivity (Wildman–Crippen MR) is 90.9 cm³/mol. The molecule has 0 amide bonds. The lowest BCUT2D eigenvalue weighted by atomic mass is 10.2. The van der Waals surface area contributed by atoms with Gasteiger partial charge in [-0.15, -0.1) is 10.2 Å². The SMILES string of the molecule is CN(CCN1CCCCCC1)c1cc(C2CC2)nn2cnnc12. The fourth-order valence-corrected chi connectivity index (χ4v) is 3.46. The fourth-order valence-electron chi connectivity index (χ4n) is 3.46. The van der Waals surface area contributed by atoms with Crippen LogP contribution in [0.25, 0.3) is 5.65 Å². The van der Waals surface area contributed by atoms with Gasteiger partial charge in [-0.05, 0) is 44.8 Å². The van der Waals surface area contributed by atoms with Crippen molar-refractivity contribution in [2.75, 3.05) is 38.1 Å². The van der Waals surface area contributed by atoms with E-state index in [9.17, 15) is 0 Å². The second-order valence-corrected chi connectivity index (χ2v) is 7.01. The lowest BCUT2D eigenvalue weighted by Crippen LogP contribution is -2.34. The molecule has 2 aromatic heterocycles. The molecule has 0 radical (unpaired) electrons. The molecule has 0 N–H and O–H groups in total. The summed E-state index contributed by atoms with van der Waals surface area (Å²) in [6, 6.07) is 2.23. The van der Waals surface area contributed by atoms with Crippen molar-refractivity contribution in [2.45, 2.75) is 44.4 Å². The van der Waals surface area contributed by atoms with Gasteiger partial charge in [0.2, 0.25) is 5.65 Å². The first-order chi connectivity index (χ1) is 11.3. The third-order valence-corrected chi connectivity index (χ3v) is 5.12. The first-order valence-corrected chi connectivity index (χ1v) is 8.96. The van der Waals surface area contributed by atoms with E-state index in [0.717, 1.165) is 24.4 Å². The molecular formula is C17H26N6. The Labute approximate surface area is 137 Å². The van der Waals surface area contributed by atoms with Crippen LogP contribution in [0.1, 0.15) is 50.1 Å². The number of likely N-dealkylation sites (N-methyl/N-ethyl adjacent to an activating group) is 1. The topological polar surface area (TPSA) is 49.6 Å². The summed E-state index contributed by atoms with van der Waals surface area (Å²) in [4.78, 5) is 4.93. The monoisotopic (exact) mass is 314 g/mol. The predicted octanol–water partition coefficient (Wildman–Crippen LogP) is 2.31. The van der Waals surface area contributed by atoms with Crippen LogP contribution in [0.2, 0.25) is 0 Å². The number of hydrogen-bond acceptors (Lipinski definition) is 5. The van der Waals surface area contributed by atoms with Gasteiger partial charge in [0.15, 0.2) is 0 Å². The van der Waals surface area contributed by atoms with Gasteiger partial charge >= 0.3 is 0 Å². The Kier molecular flexibility index (Phi) is 4.16. The minimum absolute atomic E-state index is 0.638. The van der Waals surface area contributed by atoms with Crippen LogP contribution in [-0.2, 0) is 0 Å². The molecule has 2 aliphatic rings. The molecule has 0 spiro atoms. The summed E-state index contributed by atoms with van der Waals surface area (Å²) in [5.74, 6) is 0.638. The molecule has 4 rings (SSSR count). The summed E-state index contributed by atoms with van der Waals surface area (Å²) < 4.78 is 1.84. The Morgan fingerprint density at radius 1 is 1.17 bits per heavy atom. The first kappa shape index (κ1) is 14.9. The maximum absolute atomic E-state index is 4.66. The van der Waals surface area contributed by atoms with E-state index in [4.69, 9.17) is 0 Å². The molecule has 2 aromatic rings. The van der Waals surface area contributed by atoms with Crippen LogP contribution in [0.15, 0.2) is 12.4 Å². The zero-order chi connectivity index (χ0) is 15.6. The van der Waals surface area contributed by atoms with Gasteiger partial charge in [-0.2, -0.15) is 9.61 Å².